The molecule has 3 nitrogen and oxygen atoms in total. The Morgan fingerprint density at radius 3 is 2.86 bits per heavy atom. The van der Waals surface area contributed by atoms with E-state index in [2.05, 4.69) is 5.43 Å². The molecule has 0 saturated carbocycles. The van der Waals surface area contributed by atoms with Gasteiger partial charge in [0.25, 0.3) is 0 Å². The molecule has 1 saturated heterocycles. The van der Waals surface area contributed by atoms with Crippen molar-refractivity contribution in [2.24, 2.45) is 5.84 Å². The van der Waals surface area contributed by atoms with Crippen LogP contribution < -0.4 is 11.3 Å². The van der Waals surface area contributed by atoms with Gasteiger partial charge in [-0.25, -0.2) is 5.43 Å². The van der Waals surface area contributed by atoms with Crippen molar-refractivity contribution in [3.8, 4) is 0 Å². The first kappa shape index (κ1) is 5.03. The highest BCUT2D eigenvalue weighted by atomic mass is 16.5. The van der Waals surface area contributed by atoms with E-state index in [1.54, 1.807) is 0 Å². The topological polar surface area (TPSA) is 47.3 Å². The van der Waals surface area contributed by atoms with Gasteiger partial charge in [-0.05, 0) is 12.8 Å². The number of hydrogen-bond acceptors (Lipinski definition) is 3. The molecule has 1 fully saturated rings. The lowest BCUT2D eigenvalue weighted by Gasteiger charge is -2.03. The summed E-state index contributed by atoms with van der Waals surface area (Å²) in [5.74, 6) is 5.06. The maximum Gasteiger partial charge on any atom is 0.120 e. The summed E-state index contributed by atoms with van der Waals surface area (Å²) in [5.41, 5.74) is 2.54. The molecule has 1 heterocycles. The first-order valence-corrected chi connectivity index (χ1v) is 2.51. The highest BCUT2D eigenvalue weighted by molar-refractivity contribution is 4.57. The van der Waals surface area contributed by atoms with Crippen molar-refractivity contribution in [2.75, 3.05) is 6.61 Å². The molecule has 0 aliphatic carbocycles. The third-order valence-corrected chi connectivity index (χ3v) is 1.12. The summed E-state index contributed by atoms with van der Waals surface area (Å²) in [6, 6.07) is 0. The first-order chi connectivity index (χ1) is 3.43. The second-order valence-electron chi connectivity index (χ2n) is 1.67. The van der Waals surface area contributed by atoms with Crippen LogP contribution in [0.15, 0.2) is 0 Å². The minimum Gasteiger partial charge on any atom is -0.362 e. The highest BCUT2D eigenvalue weighted by Crippen LogP contribution is 2.06. The molecule has 1 aliphatic rings. The van der Waals surface area contributed by atoms with Gasteiger partial charge < -0.3 is 4.74 Å². The molecule has 0 amide bonds. The normalized spacial score (nSPS) is 31.3. The zero-order valence-corrected chi connectivity index (χ0v) is 4.18. The molecule has 1 unspecified atom stereocenters. The van der Waals surface area contributed by atoms with E-state index >= 15 is 0 Å². The van der Waals surface area contributed by atoms with Gasteiger partial charge in [-0.3, -0.25) is 5.84 Å². The van der Waals surface area contributed by atoms with Crippen LogP contribution in [-0.2, 0) is 4.74 Å². The van der Waals surface area contributed by atoms with Crippen molar-refractivity contribution in [3.05, 3.63) is 0 Å². The van der Waals surface area contributed by atoms with Gasteiger partial charge in [0.15, 0.2) is 0 Å². The Kier molecular flexibility index (Phi) is 1.62. The van der Waals surface area contributed by atoms with Gasteiger partial charge in [-0.2, -0.15) is 0 Å². The Hall–Kier alpha value is -0.120. The van der Waals surface area contributed by atoms with Gasteiger partial charge in [-0.1, -0.05) is 0 Å². The van der Waals surface area contributed by atoms with Crippen LogP contribution in [-0.4, -0.2) is 12.8 Å². The molecule has 3 heteroatoms. The molecule has 3 N–H and O–H groups in total. The van der Waals surface area contributed by atoms with E-state index in [-0.39, 0.29) is 6.23 Å². The summed E-state index contributed by atoms with van der Waals surface area (Å²) in [6.07, 6.45) is 2.31. The van der Waals surface area contributed by atoms with Crippen molar-refractivity contribution < 1.29 is 4.74 Å². The number of hydrazine groups is 1. The number of nitrogens with one attached hydrogen (secondary N) is 1. The lowest BCUT2D eigenvalue weighted by Crippen LogP contribution is -2.33. The maximum atomic E-state index is 5.07. The Labute approximate surface area is 42.8 Å². The van der Waals surface area contributed by atoms with Gasteiger partial charge in [0.2, 0.25) is 0 Å². The molecule has 42 valence electrons. The van der Waals surface area contributed by atoms with Crippen molar-refractivity contribution in [1.29, 1.82) is 0 Å². The summed E-state index contributed by atoms with van der Waals surface area (Å²) >= 11 is 0. The Morgan fingerprint density at radius 1 is 1.71 bits per heavy atom. The average Bonchev–Trinajstić information content (AvgIpc) is 2.14. The van der Waals surface area contributed by atoms with Crippen molar-refractivity contribution >= 4 is 0 Å². The SMILES string of the molecule is NNC1CCCO1. The molecular weight excluding hydrogens is 92.1 g/mol. The molecule has 0 radical (unpaired) electrons. The van der Waals surface area contributed by atoms with Gasteiger partial charge in [0.1, 0.15) is 6.23 Å². The largest absolute Gasteiger partial charge is 0.362 e. The van der Waals surface area contributed by atoms with E-state index in [1.807, 2.05) is 0 Å². The Balaban J connectivity index is 2.14. The molecule has 0 aromatic carbocycles. The Morgan fingerprint density at radius 2 is 2.57 bits per heavy atom. The van der Waals surface area contributed by atoms with Crippen LogP contribution in [0.3, 0.4) is 0 Å². The zero-order chi connectivity index (χ0) is 5.11. The fraction of sp³-hybridized carbons (Fsp3) is 1.00. The van der Waals surface area contributed by atoms with Crippen LogP contribution in [0.25, 0.3) is 0 Å². The minimum absolute atomic E-state index is 0.125. The van der Waals surface area contributed by atoms with E-state index in [1.165, 1.54) is 0 Å². The van der Waals surface area contributed by atoms with Gasteiger partial charge >= 0.3 is 0 Å². The van der Waals surface area contributed by atoms with Crippen molar-refractivity contribution in [3.63, 3.8) is 0 Å². The summed E-state index contributed by atoms with van der Waals surface area (Å²) in [6.45, 7) is 0.856. The monoisotopic (exact) mass is 102 g/mol. The lowest BCUT2D eigenvalue weighted by molar-refractivity contribution is 0.0846. The molecule has 0 bridgehead atoms. The van der Waals surface area contributed by atoms with E-state index < -0.39 is 0 Å². The summed E-state index contributed by atoms with van der Waals surface area (Å²) < 4.78 is 5.07. The van der Waals surface area contributed by atoms with Crippen LogP contribution in [0.1, 0.15) is 12.8 Å². The predicted molar refractivity (Wildman–Crippen MR) is 26.3 cm³/mol. The summed E-state index contributed by atoms with van der Waals surface area (Å²) in [4.78, 5) is 0. The number of hydrogen-bond donors (Lipinski definition) is 2. The van der Waals surface area contributed by atoms with Crippen LogP contribution in [0, 0.1) is 0 Å². The van der Waals surface area contributed by atoms with Crippen LogP contribution in [0.4, 0.5) is 0 Å². The van der Waals surface area contributed by atoms with Crippen molar-refractivity contribution in [1.82, 2.24) is 5.43 Å². The second-order valence-corrected chi connectivity index (χ2v) is 1.67. The predicted octanol–water partition coefficient (Wildman–Crippen LogP) is -0.414. The number of nitrogens with two attached hydrogens (primary N) is 1. The average molecular weight is 102 g/mol. The Bertz CT molecular complexity index is 51.7. The zero-order valence-electron chi connectivity index (χ0n) is 4.18. The highest BCUT2D eigenvalue weighted by Gasteiger charge is 2.11. The standard InChI is InChI=1S/C4H10N2O/c5-6-4-2-1-3-7-4/h4,6H,1-3,5H2. The summed E-state index contributed by atoms with van der Waals surface area (Å²) in [7, 11) is 0. The summed E-state index contributed by atoms with van der Waals surface area (Å²) in [5, 5.41) is 0. The molecule has 7 heavy (non-hydrogen) atoms. The molecule has 1 atom stereocenters. The molecule has 0 spiro atoms. The van der Waals surface area contributed by atoms with Crippen LogP contribution in [0.2, 0.25) is 0 Å². The first-order valence-electron chi connectivity index (χ1n) is 2.51. The van der Waals surface area contributed by atoms with E-state index in [4.69, 9.17) is 10.6 Å². The lowest BCUT2D eigenvalue weighted by atomic mass is 10.3. The van der Waals surface area contributed by atoms with E-state index in [9.17, 15) is 0 Å². The molecule has 1 rings (SSSR count). The van der Waals surface area contributed by atoms with Crippen LogP contribution in [0.5, 0.6) is 0 Å². The van der Waals surface area contributed by atoms with Crippen LogP contribution >= 0.6 is 0 Å². The fourth-order valence-corrected chi connectivity index (χ4v) is 0.709. The van der Waals surface area contributed by atoms with Crippen molar-refractivity contribution in [2.45, 2.75) is 19.1 Å². The van der Waals surface area contributed by atoms with E-state index in [0.29, 0.717) is 0 Å². The number of ether oxygens (including phenoxy) is 1. The molecule has 0 aromatic rings. The molecular formula is C4H10N2O. The number of rotatable bonds is 1. The smallest absolute Gasteiger partial charge is 0.120 e. The van der Waals surface area contributed by atoms with Gasteiger partial charge in [0.05, 0.1) is 0 Å². The fourth-order valence-electron chi connectivity index (χ4n) is 0.709. The van der Waals surface area contributed by atoms with Gasteiger partial charge in [-0.15, -0.1) is 0 Å². The minimum atomic E-state index is 0.125. The molecule has 1 aliphatic heterocycles. The quantitative estimate of drug-likeness (QED) is 0.349. The van der Waals surface area contributed by atoms with Gasteiger partial charge in [0, 0.05) is 6.61 Å². The second kappa shape index (κ2) is 2.26. The third-order valence-electron chi connectivity index (χ3n) is 1.12. The molecule has 0 aromatic heterocycles. The van der Waals surface area contributed by atoms with E-state index in [0.717, 1.165) is 19.4 Å². The maximum absolute atomic E-state index is 5.07. The third kappa shape index (κ3) is 1.12.